The molecule has 0 atom stereocenters. The van der Waals surface area contributed by atoms with Gasteiger partial charge in [-0.1, -0.05) is 34.8 Å². The van der Waals surface area contributed by atoms with Crippen molar-refractivity contribution >= 4 is 40.7 Å². The van der Waals surface area contributed by atoms with E-state index in [0.717, 1.165) is 0 Å². The molecule has 1 rings (SSSR count). The molecular weight excluding hydrogens is 248 g/mol. The van der Waals surface area contributed by atoms with Gasteiger partial charge >= 0.3 is 0 Å². The third-order valence-electron chi connectivity index (χ3n) is 1.34. The molecule has 1 aromatic rings. The minimum atomic E-state index is -0.591. The van der Waals surface area contributed by atoms with Crippen LogP contribution in [0.2, 0.25) is 15.1 Å². The molecule has 0 radical (unpaired) electrons. The lowest BCUT2D eigenvalue weighted by atomic mass is 10.3. The molecule has 0 bridgehead atoms. The zero-order valence-corrected chi connectivity index (χ0v) is 9.16. The number of hydrogen-bond acceptors (Lipinski definition) is 2. The molecular formula is C8H6Cl3NO2. The van der Waals surface area contributed by atoms with Crippen LogP contribution < -0.4 is 10.5 Å². The first kappa shape index (κ1) is 11.4. The van der Waals surface area contributed by atoms with Gasteiger partial charge in [0, 0.05) is 6.07 Å². The number of primary amides is 1. The van der Waals surface area contributed by atoms with E-state index in [1.54, 1.807) is 0 Å². The maximum atomic E-state index is 10.4. The van der Waals surface area contributed by atoms with Crippen LogP contribution in [0.5, 0.6) is 5.75 Å². The normalized spacial score (nSPS) is 9.93. The minimum Gasteiger partial charge on any atom is -0.482 e. The summed E-state index contributed by atoms with van der Waals surface area (Å²) in [5.74, 6) is -0.313. The van der Waals surface area contributed by atoms with Gasteiger partial charge in [0.25, 0.3) is 5.91 Å². The molecule has 76 valence electrons. The first-order valence-corrected chi connectivity index (χ1v) is 4.69. The van der Waals surface area contributed by atoms with Gasteiger partial charge in [-0.05, 0) is 6.07 Å². The highest BCUT2D eigenvalue weighted by Gasteiger charge is 2.07. The molecule has 0 aromatic heterocycles. The zero-order chi connectivity index (χ0) is 10.7. The number of benzene rings is 1. The van der Waals surface area contributed by atoms with Gasteiger partial charge in [0.15, 0.2) is 6.61 Å². The average molecular weight is 254 g/mol. The van der Waals surface area contributed by atoms with Crippen LogP contribution in [0.25, 0.3) is 0 Å². The van der Waals surface area contributed by atoms with Crippen molar-refractivity contribution in [1.29, 1.82) is 0 Å². The Bertz CT molecular complexity index is 368. The largest absolute Gasteiger partial charge is 0.482 e. The van der Waals surface area contributed by atoms with Crippen LogP contribution in [0.1, 0.15) is 0 Å². The van der Waals surface area contributed by atoms with E-state index in [9.17, 15) is 4.79 Å². The van der Waals surface area contributed by atoms with Gasteiger partial charge in [0.05, 0.1) is 15.1 Å². The predicted molar refractivity (Wildman–Crippen MR) is 56.2 cm³/mol. The summed E-state index contributed by atoms with van der Waals surface area (Å²) in [7, 11) is 0. The molecule has 0 spiro atoms. The highest BCUT2D eigenvalue weighted by atomic mass is 35.5. The summed E-state index contributed by atoms with van der Waals surface area (Å²) in [5.41, 5.74) is 4.89. The number of carbonyl (C=O) groups is 1. The molecule has 6 heteroatoms. The van der Waals surface area contributed by atoms with E-state index >= 15 is 0 Å². The first-order valence-electron chi connectivity index (χ1n) is 3.56. The number of halogens is 3. The highest BCUT2D eigenvalue weighted by Crippen LogP contribution is 2.33. The second-order valence-corrected chi connectivity index (χ2v) is 3.67. The van der Waals surface area contributed by atoms with Crippen molar-refractivity contribution in [2.45, 2.75) is 0 Å². The third kappa shape index (κ3) is 2.94. The summed E-state index contributed by atoms with van der Waals surface area (Å²) in [4.78, 5) is 10.4. The highest BCUT2D eigenvalue weighted by molar-refractivity contribution is 6.43. The fourth-order valence-corrected chi connectivity index (χ4v) is 1.36. The van der Waals surface area contributed by atoms with Gasteiger partial charge in [0.2, 0.25) is 0 Å². The second-order valence-electron chi connectivity index (χ2n) is 2.45. The third-order valence-corrected chi connectivity index (χ3v) is 2.36. The van der Waals surface area contributed by atoms with Crippen molar-refractivity contribution in [1.82, 2.24) is 0 Å². The zero-order valence-electron chi connectivity index (χ0n) is 6.89. The van der Waals surface area contributed by atoms with E-state index < -0.39 is 5.91 Å². The molecule has 14 heavy (non-hydrogen) atoms. The maximum Gasteiger partial charge on any atom is 0.255 e. The number of carbonyl (C=O) groups excluding carboxylic acids is 1. The SMILES string of the molecule is NC(=O)COc1cc(Cl)c(Cl)cc1Cl. The molecule has 3 nitrogen and oxygen atoms in total. The molecule has 1 aromatic carbocycles. The van der Waals surface area contributed by atoms with Gasteiger partial charge in [0.1, 0.15) is 5.75 Å². The maximum absolute atomic E-state index is 10.4. The Balaban J connectivity index is 2.87. The molecule has 0 aliphatic rings. The Morgan fingerprint density at radius 3 is 2.36 bits per heavy atom. The molecule has 0 heterocycles. The molecule has 0 saturated heterocycles. The molecule has 1 amide bonds. The van der Waals surface area contributed by atoms with E-state index in [4.69, 9.17) is 45.3 Å². The fourth-order valence-electron chi connectivity index (χ4n) is 0.764. The lowest BCUT2D eigenvalue weighted by Crippen LogP contribution is -2.20. The smallest absolute Gasteiger partial charge is 0.255 e. The summed E-state index contributed by atoms with van der Waals surface area (Å²) in [6, 6.07) is 2.86. The van der Waals surface area contributed by atoms with E-state index in [1.807, 2.05) is 0 Å². The van der Waals surface area contributed by atoms with Gasteiger partial charge in [-0.15, -0.1) is 0 Å². The van der Waals surface area contributed by atoms with Crippen molar-refractivity contribution in [3.05, 3.63) is 27.2 Å². The summed E-state index contributed by atoms with van der Waals surface area (Å²) in [6.07, 6.45) is 0. The first-order chi connectivity index (χ1) is 6.50. The van der Waals surface area contributed by atoms with Crippen molar-refractivity contribution in [3.8, 4) is 5.75 Å². The van der Waals surface area contributed by atoms with Crippen LogP contribution in [0.3, 0.4) is 0 Å². The fraction of sp³-hybridized carbons (Fsp3) is 0.125. The number of hydrogen-bond donors (Lipinski definition) is 1. The topological polar surface area (TPSA) is 52.3 Å². The molecule has 0 aliphatic heterocycles. The Hall–Kier alpha value is -0.640. The standard InChI is InChI=1S/C8H6Cl3NO2/c9-4-1-6(11)7(2-5(4)10)14-3-8(12)13/h1-2H,3H2,(H2,12,13). The van der Waals surface area contributed by atoms with E-state index in [2.05, 4.69) is 0 Å². The van der Waals surface area contributed by atoms with Gasteiger partial charge in [-0.3, -0.25) is 4.79 Å². The van der Waals surface area contributed by atoms with Crippen molar-refractivity contribution in [2.24, 2.45) is 5.73 Å². The average Bonchev–Trinajstić information content (AvgIpc) is 2.09. The van der Waals surface area contributed by atoms with E-state index in [-0.39, 0.29) is 17.4 Å². The monoisotopic (exact) mass is 253 g/mol. The Morgan fingerprint density at radius 1 is 1.21 bits per heavy atom. The van der Waals surface area contributed by atoms with Gasteiger partial charge in [-0.25, -0.2) is 0 Å². The van der Waals surface area contributed by atoms with Crippen LogP contribution in [0.15, 0.2) is 12.1 Å². The lowest BCUT2D eigenvalue weighted by Gasteiger charge is -2.06. The van der Waals surface area contributed by atoms with Crippen molar-refractivity contribution < 1.29 is 9.53 Å². The van der Waals surface area contributed by atoms with Crippen LogP contribution in [-0.4, -0.2) is 12.5 Å². The summed E-state index contributed by atoms with van der Waals surface area (Å²) in [6.45, 7) is -0.252. The summed E-state index contributed by atoms with van der Waals surface area (Å²) >= 11 is 17.2. The minimum absolute atomic E-state index is 0.252. The molecule has 0 fully saturated rings. The van der Waals surface area contributed by atoms with Gasteiger partial charge in [-0.2, -0.15) is 0 Å². The second kappa shape index (κ2) is 4.73. The van der Waals surface area contributed by atoms with Gasteiger partial charge < -0.3 is 10.5 Å². The number of amides is 1. The predicted octanol–water partition coefficient (Wildman–Crippen LogP) is 2.51. The molecule has 0 saturated carbocycles. The van der Waals surface area contributed by atoms with E-state index in [1.165, 1.54) is 12.1 Å². The molecule has 0 unspecified atom stereocenters. The van der Waals surface area contributed by atoms with Crippen LogP contribution >= 0.6 is 34.8 Å². The molecule has 0 aliphatic carbocycles. The van der Waals surface area contributed by atoms with Crippen molar-refractivity contribution in [3.63, 3.8) is 0 Å². The summed E-state index contributed by atoms with van der Waals surface area (Å²) in [5, 5.41) is 0.902. The Morgan fingerprint density at radius 2 is 1.79 bits per heavy atom. The summed E-state index contributed by atoms with van der Waals surface area (Å²) < 4.78 is 4.98. The quantitative estimate of drug-likeness (QED) is 0.843. The van der Waals surface area contributed by atoms with E-state index in [0.29, 0.717) is 10.0 Å². The van der Waals surface area contributed by atoms with Crippen LogP contribution in [0.4, 0.5) is 0 Å². The number of nitrogens with two attached hydrogens (primary N) is 1. The Labute approximate surface area is 95.7 Å². The van der Waals surface area contributed by atoms with Crippen molar-refractivity contribution in [2.75, 3.05) is 6.61 Å². The van der Waals surface area contributed by atoms with Crippen LogP contribution in [-0.2, 0) is 4.79 Å². The molecule has 2 N–H and O–H groups in total. The Kier molecular flexibility index (Phi) is 3.86. The number of ether oxygens (including phenoxy) is 1. The lowest BCUT2D eigenvalue weighted by molar-refractivity contribution is -0.119. The van der Waals surface area contributed by atoms with Crippen LogP contribution in [0, 0.1) is 0 Å². The number of rotatable bonds is 3.